The van der Waals surface area contributed by atoms with Gasteiger partial charge in [-0.15, -0.1) is 0 Å². The highest BCUT2D eigenvalue weighted by Crippen LogP contribution is 2.50. The molecule has 2 N–H and O–H groups in total. The standard InChI is InChI=1S/C22H25FN3O11P/c1-12(2)33-19(28)13(3)25-38(31,37-14-7-5-4-6-8-14)32-11-22(23)17-16(34-21(30)35-17)18(36-22)26-10-9-15(27)24-20(26)29/h4-10,12-13,16-18H,11H2,1-3H3,(H,25,31)(H,24,27,29)/t13-,16+,17-,18+,22+,38-/m0/s1. The minimum Gasteiger partial charge on any atom is -0.462 e. The van der Waals surface area contributed by atoms with Crippen LogP contribution in [0.25, 0.3) is 0 Å². The predicted octanol–water partition coefficient (Wildman–Crippen LogP) is 1.77. The molecule has 0 amide bonds. The number of nitrogens with one attached hydrogen (secondary N) is 2. The van der Waals surface area contributed by atoms with Crippen LogP contribution in [0.4, 0.5) is 9.18 Å². The van der Waals surface area contributed by atoms with E-state index in [1.807, 2.05) is 4.98 Å². The van der Waals surface area contributed by atoms with Crippen molar-refractivity contribution >= 4 is 19.9 Å². The molecule has 16 heteroatoms. The molecule has 38 heavy (non-hydrogen) atoms. The first-order valence-corrected chi connectivity index (χ1v) is 13.0. The van der Waals surface area contributed by atoms with Gasteiger partial charge in [0.05, 0.1) is 6.10 Å². The molecule has 0 bridgehead atoms. The van der Waals surface area contributed by atoms with E-state index in [2.05, 4.69) is 5.09 Å². The van der Waals surface area contributed by atoms with E-state index in [9.17, 15) is 23.7 Å². The van der Waals surface area contributed by atoms with Gasteiger partial charge in [0, 0.05) is 12.3 Å². The van der Waals surface area contributed by atoms with Crippen molar-refractivity contribution in [3.8, 4) is 5.75 Å². The fraction of sp³-hybridized carbons (Fsp3) is 0.455. The number of hydrogen-bond acceptors (Lipinski definition) is 11. The van der Waals surface area contributed by atoms with Gasteiger partial charge in [0.15, 0.2) is 12.3 Å². The van der Waals surface area contributed by atoms with E-state index in [1.54, 1.807) is 32.0 Å². The van der Waals surface area contributed by atoms with Crippen LogP contribution in [0.3, 0.4) is 0 Å². The summed E-state index contributed by atoms with van der Waals surface area (Å²) in [5, 5.41) is 2.40. The summed E-state index contributed by atoms with van der Waals surface area (Å²) in [5.74, 6) is -3.70. The minimum absolute atomic E-state index is 0.0687. The average Bonchev–Trinajstić information content (AvgIpc) is 3.35. The number of para-hydroxylation sites is 1. The largest absolute Gasteiger partial charge is 0.509 e. The summed E-state index contributed by atoms with van der Waals surface area (Å²) in [6.45, 7) is 3.43. The Labute approximate surface area is 214 Å². The first-order valence-electron chi connectivity index (χ1n) is 11.4. The number of carbonyl (C=O) groups is 2. The highest BCUT2D eigenvalue weighted by molar-refractivity contribution is 7.52. The summed E-state index contributed by atoms with van der Waals surface area (Å²) in [4.78, 5) is 49.8. The average molecular weight is 557 g/mol. The normalized spacial score (nSPS) is 26.7. The number of esters is 1. The molecule has 2 aliphatic rings. The number of aromatic nitrogens is 2. The van der Waals surface area contributed by atoms with Crippen LogP contribution in [0.15, 0.2) is 52.2 Å². The molecule has 2 fully saturated rings. The monoisotopic (exact) mass is 557 g/mol. The van der Waals surface area contributed by atoms with E-state index in [-0.39, 0.29) is 5.75 Å². The van der Waals surface area contributed by atoms with Gasteiger partial charge in [-0.25, -0.2) is 18.5 Å². The van der Waals surface area contributed by atoms with E-state index in [0.717, 1.165) is 16.8 Å². The maximum absolute atomic E-state index is 16.1. The maximum Gasteiger partial charge on any atom is 0.509 e. The summed E-state index contributed by atoms with van der Waals surface area (Å²) >= 11 is 0. The smallest absolute Gasteiger partial charge is 0.462 e. The Kier molecular flexibility index (Phi) is 7.74. The quantitative estimate of drug-likeness (QED) is 0.321. The maximum atomic E-state index is 16.1. The van der Waals surface area contributed by atoms with Crippen LogP contribution in [-0.2, 0) is 32.8 Å². The Balaban J connectivity index is 1.58. The van der Waals surface area contributed by atoms with Gasteiger partial charge in [-0.2, -0.15) is 5.09 Å². The number of ether oxygens (including phenoxy) is 4. The lowest BCUT2D eigenvalue weighted by molar-refractivity contribution is -0.207. The third-order valence-electron chi connectivity index (χ3n) is 5.36. The van der Waals surface area contributed by atoms with E-state index in [1.165, 1.54) is 19.1 Å². The Morgan fingerprint density at radius 3 is 2.55 bits per heavy atom. The summed E-state index contributed by atoms with van der Waals surface area (Å²) in [5.41, 5.74) is -1.68. The number of fused-ring (bicyclic) bond motifs is 1. The van der Waals surface area contributed by atoms with Gasteiger partial charge in [0.25, 0.3) is 11.4 Å². The molecule has 2 aromatic rings. The van der Waals surface area contributed by atoms with Crippen molar-refractivity contribution < 1.29 is 46.5 Å². The molecule has 0 radical (unpaired) electrons. The second-order valence-corrected chi connectivity index (χ2v) is 10.4. The second-order valence-electron chi connectivity index (χ2n) is 8.69. The highest BCUT2D eigenvalue weighted by atomic mass is 31.2. The number of nitrogens with zero attached hydrogens (tertiary/aromatic N) is 1. The third-order valence-corrected chi connectivity index (χ3v) is 6.98. The van der Waals surface area contributed by atoms with E-state index < -0.39 is 74.2 Å². The van der Waals surface area contributed by atoms with Crippen molar-refractivity contribution in [2.75, 3.05) is 6.61 Å². The van der Waals surface area contributed by atoms with Gasteiger partial charge in [0.1, 0.15) is 18.4 Å². The van der Waals surface area contributed by atoms with Crippen molar-refractivity contribution in [3.63, 3.8) is 0 Å². The zero-order valence-corrected chi connectivity index (χ0v) is 21.3. The lowest BCUT2D eigenvalue weighted by atomic mass is 10.1. The zero-order chi connectivity index (χ0) is 27.7. The topological polar surface area (TPSA) is 173 Å². The van der Waals surface area contributed by atoms with Crippen LogP contribution in [0, 0.1) is 0 Å². The fourth-order valence-electron chi connectivity index (χ4n) is 3.71. The van der Waals surface area contributed by atoms with Crippen LogP contribution in [0.1, 0.15) is 27.0 Å². The Hall–Kier alpha value is -3.52. The fourth-order valence-corrected chi connectivity index (χ4v) is 5.22. The molecule has 0 unspecified atom stereocenters. The van der Waals surface area contributed by atoms with Gasteiger partial charge in [0.2, 0.25) is 6.10 Å². The van der Waals surface area contributed by atoms with Gasteiger partial charge in [-0.3, -0.25) is 23.7 Å². The van der Waals surface area contributed by atoms with Crippen LogP contribution >= 0.6 is 7.75 Å². The number of benzene rings is 1. The number of carbonyl (C=O) groups excluding carboxylic acids is 2. The number of aromatic amines is 1. The molecule has 4 rings (SSSR count). The molecule has 6 atom stereocenters. The van der Waals surface area contributed by atoms with Crippen LogP contribution in [0.5, 0.6) is 5.75 Å². The summed E-state index contributed by atoms with van der Waals surface area (Å²) in [6.07, 6.45) is -5.44. The molecule has 206 valence electrons. The van der Waals surface area contributed by atoms with Crippen molar-refractivity contribution in [1.82, 2.24) is 14.6 Å². The van der Waals surface area contributed by atoms with Gasteiger partial charge < -0.3 is 23.5 Å². The lowest BCUT2D eigenvalue weighted by Crippen LogP contribution is -2.43. The van der Waals surface area contributed by atoms with Crippen LogP contribution in [0.2, 0.25) is 0 Å². The molecule has 2 saturated heterocycles. The Bertz CT molecular complexity index is 1350. The van der Waals surface area contributed by atoms with Gasteiger partial charge in [-0.1, -0.05) is 18.2 Å². The molecule has 2 aliphatic heterocycles. The highest BCUT2D eigenvalue weighted by Gasteiger charge is 2.65. The van der Waals surface area contributed by atoms with Crippen LogP contribution in [-0.4, -0.2) is 58.5 Å². The molecule has 1 aromatic carbocycles. The number of halogens is 1. The molecular weight excluding hydrogens is 532 g/mol. The van der Waals surface area contributed by atoms with Crippen molar-refractivity contribution in [3.05, 3.63) is 63.4 Å². The molecule has 0 saturated carbocycles. The molecule has 0 spiro atoms. The van der Waals surface area contributed by atoms with Crippen LogP contribution < -0.4 is 20.9 Å². The lowest BCUT2D eigenvalue weighted by Gasteiger charge is -2.27. The van der Waals surface area contributed by atoms with E-state index in [0.29, 0.717) is 0 Å². The molecule has 0 aliphatic carbocycles. The van der Waals surface area contributed by atoms with E-state index >= 15 is 4.39 Å². The van der Waals surface area contributed by atoms with Crippen molar-refractivity contribution in [2.45, 2.75) is 57.2 Å². The number of alkyl halides is 1. The zero-order valence-electron chi connectivity index (χ0n) is 20.4. The van der Waals surface area contributed by atoms with Gasteiger partial charge >= 0.3 is 25.6 Å². The number of hydrogen-bond donors (Lipinski definition) is 2. The number of H-pyrrole nitrogens is 1. The Morgan fingerprint density at radius 2 is 1.89 bits per heavy atom. The molecule has 14 nitrogen and oxygen atoms in total. The summed E-state index contributed by atoms with van der Waals surface area (Å²) in [7, 11) is -4.52. The SMILES string of the molecule is CC(C)OC(=O)[C@H](C)N[P@](=O)(OC[C@@]1(F)O[C@@H](n2ccc(=O)[nH]c2=O)[C@@H]2OC(=O)O[C@@H]21)Oc1ccccc1. The summed E-state index contributed by atoms with van der Waals surface area (Å²) in [6, 6.07) is 7.51. The first-order chi connectivity index (χ1) is 17.9. The van der Waals surface area contributed by atoms with Gasteiger partial charge in [-0.05, 0) is 32.9 Å². The molecular formula is C22H25FN3O11P. The first kappa shape index (κ1) is 27.5. The number of rotatable bonds is 10. The molecule has 1 aromatic heterocycles. The molecule has 3 heterocycles. The second kappa shape index (κ2) is 10.7. The predicted molar refractivity (Wildman–Crippen MR) is 125 cm³/mol. The van der Waals surface area contributed by atoms with E-state index in [4.69, 9.17) is 28.0 Å². The minimum atomic E-state index is -4.52. The Morgan fingerprint density at radius 1 is 1.18 bits per heavy atom. The van der Waals surface area contributed by atoms with Crippen molar-refractivity contribution in [1.29, 1.82) is 0 Å². The van der Waals surface area contributed by atoms with Crippen molar-refractivity contribution in [2.24, 2.45) is 0 Å². The third kappa shape index (κ3) is 5.96. The summed E-state index contributed by atoms with van der Waals surface area (Å²) < 4.78 is 61.8.